The van der Waals surface area contributed by atoms with Crippen LogP contribution >= 0.6 is 11.6 Å². The highest BCUT2D eigenvalue weighted by Gasteiger charge is 2.20. The lowest BCUT2D eigenvalue weighted by Crippen LogP contribution is -2.27. The van der Waals surface area contributed by atoms with Crippen LogP contribution in [-0.2, 0) is 0 Å². The molecule has 1 aliphatic rings. The molecule has 0 saturated carbocycles. The Hall–Kier alpha value is -0.740. The molecule has 14 heavy (non-hydrogen) atoms. The van der Waals surface area contributed by atoms with Crippen LogP contribution in [0.4, 0.5) is 4.39 Å². The van der Waals surface area contributed by atoms with Gasteiger partial charge >= 0.3 is 0 Å². The van der Waals surface area contributed by atoms with Gasteiger partial charge in [0, 0.05) is 5.92 Å². The highest BCUT2D eigenvalue weighted by atomic mass is 35.5. The van der Waals surface area contributed by atoms with Crippen molar-refractivity contribution in [2.45, 2.75) is 18.8 Å². The van der Waals surface area contributed by atoms with Crippen molar-refractivity contribution >= 4 is 11.6 Å². The van der Waals surface area contributed by atoms with Gasteiger partial charge in [0.1, 0.15) is 0 Å². The van der Waals surface area contributed by atoms with Crippen molar-refractivity contribution in [2.24, 2.45) is 0 Å². The van der Waals surface area contributed by atoms with Crippen LogP contribution in [0.3, 0.4) is 0 Å². The Morgan fingerprint density at radius 1 is 1.43 bits per heavy atom. The monoisotopic (exact) mass is 215 g/mol. The van der Waals surface area contributed by atoms with Crippen molar-refractivity contribution in [3.63, 3.8) is 0 Å². The third-order valence-corrected chi connectivity index (χ3v) is 2.65. The number of halogens is 2. The van der Waals surface area contributed by atoms with E-state index in [4.69, 9.17) is 11.6 Å². The molecule has 0 unspecified atom stereocenters. The zero-order valence-electron chi connectivity index (χ0n) is 7.63. The van der Waals surface area contributed by atoms with Gasteiger partial charge in [0.25, 0.3) is 0 Å². The Labute approximate surface area is 86.7 Å². The lowest BCUT2D eigenvalue weighted by atomic mass is 9.94. The first-order valence-corrected chi connectivity index (χ1v) is 5.04. The average molecular weight is 216 g/mol. The van der Waals surface area contributed by atoms with Crippen LogP contribution < -0.4 is 5.32 Å². The van der Waals surface area contributed by atoms with Gasteiger partial charge in [-0.1, -0.05) is 0 Å². The second-order valence-electron chi connectivity index (χ2n) is 3.40. The molecule has 3 nitrogen and oxygen atoms in total. The molecule has 1 fully saturated rings. The van der Waals surface area contributed by atoms with Gasteiger partial charge in [-0.25, -0.2) is 14.4 Å². The van der Waals surface area contributed by atoms with Crippen molar-refractivity contribution in [1.29, 1.82) is 0 Å². The van der Waals surface area contributed by atoms with E-state index in [1.165, 1.54) is 0 Å². The molecule has 5 heteroatoms. The standard InChI is InChI=1S/C9H11ClFN3/c10-9-13-5-7(11)8(14-9)6-1-3-12-4-2-6/h5-6,12H,1-4H2. The maximum absolute atomic E-state index is 13.4. The van der Waals surface area contributed by atoms with Crippen LogP contribution in [0, 0.1) is 5.82 Å². The number of piperidine rings is 1. The van der Waals surface area contributed by atoms with Gasteiger partial charge < -0.3 is 5.32 Å². The van der Waals surface area contributed by atoms with Gasteiger partial charge in [0.2, 0.25) is 5.28 Å². The second kappa shape index (κ2) is 4.19. The minimum Gasteiger partial charge on any atom is -0.317 e. The third kappa shape index (κ3) is 2.01. The smallest absolute Gasteiger partial charge is 0.222 e. The van der Waals surface area contributed by atoms with E-state index in [1.807, 2.05) is 0 Å². The predicted molar refractivity (Wildman–Crippen MR) is 51.8 cm³/mol. The Balaban J connectivity index is 2.24. The molecule has 0 aliphatic carbocycles. The molecule has 1 aliphatic heterocycles. The van der Waals surface area contributed by atoms with E-state index in [2.05, 4.69) is 15.3 Å². The fraction of sp³-hybridized carbons (Fsp3) is 0.556. The van der Waals surface area contributed by atoms with Crippen LogP contribution in [0.5, 0.6) is 0 Å². The lowest BCUT2D eigenvalue weighted by Gasteiger charge is -2.22. The first-order chi connectivity index (χ1) is 6.77. The topological polar surface area (TPSA) is 37.8 Å². The minimum atomic E-state index is -0.346. The van der Waals surface area contributed by atoms with Crippen LogP contribution in [0.2, 0.25) is 5.28 Å². The van der Waals surface area contributed by atoms with Gasteiger partial charge in [-0.05, 0) is 37.5 Å². The van der Waals surface area contributed by atoms with Crippen molar-refractivity contribution in [3.8, 4) is 0 Å². The maximum Gasteiger partial charge on any atom is 0.222 e. The molecule has 1 aromatic rings. The molecule has 1 saturated heterocycles. The van der Waals surface area contributed by atoms with E-state index in [1.54, 1.807) is 0 Å². The molecular formula is C9H11ClFN3. The molecular weight excluding hydrogens is 205 g/mol. The highest BCUT2D eigenvalue weighted by Crippen LogP contribution is 2.25. The molecule has 0 amide bonds. The predicted octanol–water partition coefficient (Wildman–Crippen LogP) is 1.74. The van der Waals surface area contributed by atoms with E-state index < -0.39 is 0 Å². The number of nitrogens with zero attached hydrogens (tertiary/aromatic N) is 2. The summed E-state index contributed by atoms with van der Waals surface area (Å²) in [7, 11) is 0. The molecule has 1 N–H and O–H groups in total. The van der Waals surface area contributed by atoms with E-state index in [0.29, 0.717) is 5.69 Å². The molecule has 1 aromatic heterocycles. The summed E-state index contributed by atoms with van der Waals surface area (Å²) in [6, 6.07) is 0. The number of aromatic nitrogens is 2. The minimum absolute atomic E-state index is 0.125. The third-order valence-electron chi connectivity index (χ3n) is 2.47. The van der Waals surface area contributed by atoms with Gasteiger partial charge in [-0.3, -0.25) is 0 Å². The molecule has 0 radical (unpaired) electrons. The SMILES string of the molecule is Fc1cnc(Cl)nc1C1CCNCC1. The normalized spacial score (nSPS) is 18.4. The number of hydrogen-bond donors (Lipinski definition) is 1. The Bertz CT molecular complexity index is 326. The molecule has 0 aromatic carbocycles. The zero-order valence-corrected chi connectivity index (χ0v) is 8.39. The summed E-state index contributed by atoms with van der Waals surface area (Å²) >= 11 is 5.63. The van der Waals surface area contributed by atoms with Crippen LogP contribution in [0.1, 0.15) is 24.5 Å². The van der Waals surface area contributed by atoms with E-state index in [-0.39, 0.29) is 17.0 Å². The molecule has 2 rings (SSSR count). The van der Waals surface area contributed by atoms with Gasteiger partial charge in [-0.2, -0.15) is 0 Å². The van der Waals surface area contributed by atoms with Crippen molar-refractivity contribution in [1.82, 2.24) is 15.3 Å². The Morgan fingerprint density at radius 3 is 2.86 bits per heavy atom. The Morgan fingerprint density at radius 2 is 2.14 bits per heavy atom. The largest absolute Gasteiger partial charge is 0.317 e. The molecule has 0 atom stereocenters. The molecule has 0 bridgehead atoms. The van der Waals surface area contributed by atoms with Crippen LogP contribution in [0.25, 0.3) is 0 Å². The summed E-state index contributed by atoms with van der Waals surface area (Å²) in [4.78, 5) is 7.55. The molecule has 0 spiro atoms. The maximum atomic E-state index is 13.4. The van der Waals surface area contributed by atoms with Crippen LogP contribution in [0.15, 0.2) is 6.20 Å². The van der Waals surface area contributed by atoms with Crippen molar-refractivity contribution in [3.05, 3.63) is 23.0 Å². The summed E-state index contributed by atoms with van der Waals surface area (Å²) in [6.07, 6.45) is 2.96. The summed E-state index contributed by atoms with van der Waals surface area (Å²) < 4.78 is 13.4. The zero-order chi connectivity index (χ0) is 9.97. The first kappa shape index (κ1) is 9.80. The number of nitrogens with one attached hydrogen (secondary N) is 1. The second-order valence-corrected chi connectivity index (χ2v) is 3.73. The quantitative estimate of drug-likeness (QED) is 0.726. The highest BCUT2D eigenvalue weighted by molar-refractivity contribution is 6.28. The van der Waals surface area contributed by atoms with Gasteiger partial charge in [-0.15, -0.1) is 0 Å². The summed E-state index contributed by atoms with van der Waals surface area (Å²) in [5.41, 5.74) is 0.464. The fourth-order valence-electron chi connectivity index (χ4n) is 1.74. The van der Waals surface area contributed by atoms with E-state index in [9.17, 15) is 4.39 Å². The average Bonchev–Trinajstić information content (AvgIpc) is 2.23. The van der Waals surface area contributed by atoms with Gasteiger partial charge in [0.15, 0.2) is 5.82 Å². The van der Waals surface area contributed by atoms with E-state index in [0.717, 1.165) is 32.1 Å². The summed E-state index contributed by atoms with van der Waals surface area (Å²) in [5.74, 6) is -0.168. The lowest BCUT2D eigenvalue weighted by molar-refractivity contribution is 0.434. The number of hydrogen-bond acceptors (Lipinski definition) is 3. The fourth-order valence-corrected chi connectivity index (χ4v) is 1.88. The summed E-state index contributed by atoms with van der Waals surface area (Å²) in [6.45, 7) is 1.82. The van der Waals surface area contributed by atoms with E-state index >= 15 is 0 Å². The molecule has 76 valence electrons. The number of rotatable bonds is 1. The first-order valence-electron chi connectivity index (χ1n) is 4.66. The Kier molecular flexibility index (Phi) is 2.93. The van der Waals surface area contributed by atoms with Crippen molar-refractivity contribution in [2.75, 3.05) is 13.1 Å². The summed E-state index contributed by atoms with van der Waals surface area (Å²) in [5, 5.41) is 3.34. The van der Waals surface area contributed by atoms with Gasteiger partial charge in [0.05, 0.1) is 11.9 Å². The molecule has 2 heterocycles. The van der Waals surface area contributed by atoms with Crippen LogP contribution in [-0.4, -0.2) is 23.1 Å². The van der Waals surface area contributed by atoms with Crippen molar-refractivity contribution < 1.29 is 4.39 Å².